The number of phosphoric ester groups is 2. The number of rotatable bonds is 19. The largest absolute Gasteiger partial charge is 0.472 e. The molecule has 12 atom stereocenters. The van der Waals surface area contributed by atoms with Crippen LogP contribution in [0.15, 0.2) is 58.7 Å². The number of nitrogens with one attached hydrogen (secondary N) is 4. The van der Waals surface area contributed by atoms with E-state index < -0.39 is 120 Å². The summed E-state index contributed by atoms with van der Waals surface area (Å²) < 4.78 is 69.1. The lowest BCUT2D eigenvalue weighted by molar-refractivity contribution is -0.137. The fraction of sp³-hybridized carbons (Fsp3) is 0.500. The lowest BCUT2D eigenvalue weighted by Crippen LogP contribution is -2.48. The number of benzene rings is 1. The molecular weight excluding hydrogens is 1140 g/mol. The number of fused-ring (bicyclic) bond motifs is 4. The summed E-state index contributed by atoms with van der Waals surface area (Å²) in [6.45, 7) is 3.04. The van der Waals surface area contributed by atoms with Gasteiger partial charge >= 0.3 is 21.7 Å². The number of hydrogen-bond donors (Lipinski definition) is 9. The van der Waals surface area contributed by atoms with Crippen LogP contribution in [-0.2, 0) is 78.4 Å². The quantitative estimate of drug-likeness (QED) is 0.0303. The van der Waals surface area contributed by atoms with Crippen molar-refractivity contribution in [3.8, 4) is 0 Å². The first-order valence-electron chi connectivity index (χ1n) is 26.0. The molecule has 3 saturated heterocycles. The van der Waals surface area contributed by atoms with E-state index in [9.17, 15) is 62.4 Å². The van der Waals surface area contributed by atoms with Gasteiger partial charge in [0.15, 0.2) is 40.6 Å². The molecule has 4 aliphatic heterocycles. The minimum atomic E-state index is -5.36. The highest BCUT2D eigenvalue weighted by atomic mass is 31.2. The number of alkyl carbamates (subject to hydrolysis) is 1. The fourth-order valence-electron chi connectivity index (χ4n) is 9.80. The molecule has 9 rings (SSSR count). The topological polar surface area (TPSA) is 468 Å². The third-order valence-corrected chi connectivity index (χ3v) is 16.1. The predicted molar refractivity (Wildman–Crippen MR) is 282 cm³/mol. The van der Waals surface area contributed by atoms with Crippen molar-refractivity contribution in [2.24, 2.45) is 11.8 Å². The van der Waals surface area contributed by atoms with Crippen molar-refractivity contribution in [1.82, 2.24) is 54.6 Å². The summed E-state index contributed by atoms with van der Waals surface area (Å²) in [5, 5.41) is 16.7. The Morgan fingerprint density at radius 2 is 1.33 bits per heavy atom. The fourth-order valence-corrected chi connectivity index (χ4v) is 11.7. The maximum absolute atomic E-state index is 13.9. The normalized spacial score (nSPS) is 27.2. The van der Waals surface area contributed by atoms with E-state index >= 15 is 0 Å². The molecule has 1 aromatic carbocycles. The molecule has 5 aromatic rings. The van der Waals surface area contributed by atoms with Crippen LogP contribution in [0.1, 0.15) is 76.5 Å². The molecule has 4 amide bonds. The van der Waals surface area contributed by atoms with E-state index in [-0.39, 0.29) is 89.3 Å². The van der Waals surface area contributed by atoms with Crippen LogP contribution in [-0.4, -0.2) is 157 Å². The van der Waals surface area contributed by atoms with Crippen molar-refractivity contribution in [2.45, 2.75) is 121 Å². The Kier molecular flexibility index (Phi) is 18.0. The second-order valence-corrected chi connectivity index (χ2v) is 23.2. The molecule has 33 nitrogen and oxygen atoms in total. The highest BCUT2D eigenvalue weighted by Gasteiger charge is 2.55. The molecule has 11 N–H and O–H groups in total. The number of aromatic amines is 2. The van der Waals surface area contributed by atoms with Crippen molar-refractivity contribution in [3.05, 3.63) is 80.9 Å². The molecule has 446 valence electrons. The maximum Gasteiger partial charge on any atom is 0.472 e. The summed E-state index contributed by atoms with van der Waals surface area (Å²) in [7, 11) is -10.7. The van der Waals surface area contributed by atoms with E-state index in [1.807, 2.05) is 0 Å². The zero-order valence-corrected chi connectivity index (χ0v) is 46.3. The summed E-state index contributed by atoms with van der Waals surface area (Å²) in [5.41, 5.74) is 10.2. The molecule has 35 heteroatoms. The van der Waals surface area contributed by atoms with Gasteiger partial charge < -0.3 is 51.2 Å². The molecule has 4 aromatic heterocycles. The number of aliphatic hydroxyl groups is 1. The number of ketones is 2. The van der Waals surface area contributed by atoms with Gasteiger partial charge in [-0.2, -0.15) is 9.97 Å². The Bertz CT molecular complexity index is 3550. The van der Waals surface area contributed by atoms with Crippen LogP contribution in [0.3, 0.4) is 0 Å². The molecule has 0 saturated carbocycles. The highest BCUT2D eigenvalue weighted by molar-refractivity contribution is 7.47. The molecule has 83 heavy (non-hydrogen) atoms. The van der Waals surface area contributed by atoms with Crippen LogP contribution < -0.4 is 33.2 Å². The summed E-state index contributed by atoms with van der Waals surface area (Å²) in [5.74, 6) is -3.24. The average Bonchev–Trinajstić information content (AvgIpc) is 3.74. The number of H-pyrrole nitrogens is 2. The molecular formula is C48H59N13O20P2. The van der Waals surface area contributed by atoms with Crippen molar-refractivity contribution in [3.63, 3.8) is 0 Å². The average molecular weight is 1200 g/mol. The number of imidazole rings is 2. The SMILES string of the molecule is CC(C)[C@H](CC(=O)CCCCCN1C(=O)C=CC1=O)C(=O)N[C@@H](C)C(=O)Cc1ccc(COC(=O)N[C@H]2C3OP(=O)(O)OC[C@H]4O[C@@H](n5cnc6c(=O)[nH]c(N)nc65)[C@@H](O)C4OP(=O)(O)OC[C@H]3O[C@H]2n2cnc3c(=O)[nH]c(N)nc32)cc1. The highest BCUT2D eigenvalue weighted by Crippen LogP contribution is 2.54. The van der Waals surface area contributed by atoms with Gasteiger partial charge in [-0.25, -0.2) is 23.9 Å². The van der Waals surface area contributed by atoms with Crippen LogP contribution >= 0.6 is 15.6 Å². The monoisotopic (exact) mass is 1200 g/mol. The van der Waals surface area contributed by atoms with Gasteiger partial charge in [0, 0.05) is 43.9 Å². The minimum absolute atomic E-state index is 0.0278. The summed E-state index contributed by atoms with van der Waals surface area (Å²) in [6, 6.07) is 3.77. The number of imide groups is 1. The van der Waals surface area contributed by atoms with Gasteiger partial charge in [-0.15, -0.1) is 0 Å². The van der Waals surface area contributed by atoms with Gasteiger partial charge in [-0.3, -0.25) is 75.7 Å². The number of carbonyl (C=O) groups excluding carboxylic acids is 6. The van der Waals surface area contributed by atoms with E-state index in [0.29, 0.717) is 30.4 Å². The molecule has 4 unspecified atom stereocenters. The molecule has 0 bridgehead atoms. The number of Topliss-reactive ketones (excluding diaryl/α,β-unsaturated/α-hetero) is 2. The Balaban J connectivity index is 0.835. The smallest absolute Gasteiger partial charge is 0.445 e. The predicted octanol–water partition coefficient (Wildman–Crippen LogP) is 0.219. The standard InChI is InChI=1S/C48H59N13O20P2/c1-22(2)27(16-26(62)7-5-4-6-14-59-31(64)12-13-32(59)65)41(67)53-23(3)28(63)15-24-8-10-25(11-9-24)17-75-48(70)54-33-37-29(78-44(33)60-20-51-34-39(60)55-46(49)57-42(34)68)18-76-83(73,74)81-38-30(19-77-82(71,72)80-37)79-45(36(38)66)61-21-52-35-40(61)56-47(50)58-43(35)69/h8-13,20-23,27,29-30,33,36-38,44-45,66H,4-7,14-19H2,1-3H3,(H,53,67)(H,54,70)(H,71,72)(H,73,74)(H3,49,55,57,68)(H3,50,56,58,69)/t23-,27-,29+,30+,33-,36-,37?,38?,44+,45+/m0/s1. The molecule has 4 aliphatic rings. The Morgan fingerprint density at radius 3 is 1.92 bits per heavy atom. The van der Waals surface area contributed by atoms with Gasteiger partial charge in [-0.1, -0.05) is 44.5 Å². The van der Waals surface area contributed by atoms with Crippen LogP contribution in [0, 0.1) is 11.8 Å². The van der Waals surface area contributed by atoms with Crippen LogP contribution in [0.4, 0.5) is 16.7 Å². The van der Waals surface area contributed by atoms with Crippen molar-refractivity contribution < 1.29 is 85.1 Å². The first-order chi connectivity index (χ1) is 39.3. The number of carbonyl (C=O) groups is 6. The van der Waals surface area contributed by atoms with Gasteiger partial charge in [0.2, 0.25) is 17.8 Å². The molecule has 0 aliphatic carbocycles. The third kappa shape index (κ3) is 13.8. The van der Waals surface area contributed by atoms with E-state index in [1.54, 1.807) is 38.1 Å². The first kappa shape index (κ1) is 60.2. The summed E-state index contributed by atoms with van der Waals surface area (Å²) >= 11 is 0. The first-order valence-corrected chi connectivity index (χ1v) is 29.0. The summed E-state index contributed by atoms with van der Waals surface area (Å²) in [6.07, 6.45) is -6.93. The number of aliphatic hydroxyl groups excluding tert-OH is 1. The maximum atomic E-state index is 13.9. The number of nitrogens with zero attached hydrogens (tertiary/aromatic N) is 7. The van der Waals surface area contributed by atoms with E-state index in [4.69, 9.17) is 43.8 Å². The molecule has 0 spiro atoms. The Hall–Kier alpha value is -7.42. The number of amides is 4. The second kappa shape index (κ2) is 24.8. The number of hydrogen-bond acceptors (Lipinski definition) is 24. The number of anilines is 2. The van der Waals surface area contributed by atoms with Crippen molar-refractivity contribution >= 4 is 85.3 Å². The number of aromatic nitrogens is 8. The zero-order chi connectivity index (χ0) is 59.7. The van der Waals surface area contributed by atoms with Gasteiger partial charge in [0.1, 0.15) is 49.0 Å². The number of unbranched alkanes of at least 4 members (excludes halogenated alkanes) is 2. The second-order valence-electron chi connectivity index (χ2n) is 20.3. The third-order valence-electron chi connectivity index (χ3n) is 14.1. The molecule has 0 radical (unpaired) electrons. The minimum Gasteiger partial charge on any atom is -0.445 e. The number of nitrogen functional groups attached to an aromatic ring is 2. The Morgan fingerprint density at radius 1 is 0.783 bits per heavy atom. The Labute approximate surface area is 468 Å². The molecule has 3 fully saturated rings. The zero-order valence-electron chi connectivity index (χ0n) is 44.5. The lowest BCUT2D eigenvalue weighted by atomic mass is 9.88. The van der Waals surface area contributed by atoms with Gasteiger partial charge in [0.25, 0.3) is 22.9 Å². The number of ether oxygens (including phenoxy) is 3. The van der Waals surface area contributed by atoms with E-state index in [0.717, 1.165) is 26.7 Å². The lowest BCUT2D eigenvalue weighted by Gasteiger charge is -2.29. The van der Waals surface area contributed by atoms with E-state index in [1.165, 1.54) is 19.1 Å². The van der Waals surface area contributed by atoms with Crippen LogP contribution in [0.2, 0.25) is 0 Å². The number of phosphoric acid groups is 2. The van der Waals surface area contributed by atoms with Crippen molar-refractivity contribution in [2.75, 3.05) is 31.2 Å². The van der Waals surface area contributed by atoms with Gasteiger partial charge in [0.05, 0.1) is 31.9 Å². The van der Waals surface area contributed by atoms with Crippen molar-refractivity contribution in [1.29, 1.82) is 0 Å². The van der Waals surface area contributed by atoms with Gasteiger partial charge in [-0.05, 0) is 36.8 Å². The van der Waals surface area contributed by atoms with E-state index in [2.05, 4.69) is 40.5 Å². The van der Waals surface area contributed by atoms with Crippen LogP contribution in [0.5, 0.6) is 0 Å². The number of nitrogens with two attached hydrogens (primary N) is 2. The summed E-state index contributed by atoms with van der Waals surface area (Å²) in [4.78, 5) is 146. The van der Waals surface area contributed by atoms with Crippen LogP contribution in [0.25, 0.3) is 22.3 Å². The molecule has 8 heterocycles.